The molecule has 7 nitrogen and oxygen atoms in total. The highest BCUT2D eigenvalue weighted by molar-refractivity contribution is 5.85. The minimum atomic E-state index is -1.08. The van der Waals surface area contributed by atoms with Crippen molar-refractivity contribution in [1.29, 1.82) is 0 Å². The van der Waals surface area contributed by atoms with Gasteiger partial charge in [0.05, 0.1) is 36.9 Å². The van der Waals surface area contributed by atoms with Gasteiger partial charge in [-0.15, -0.1) is 0 Å². The summed E-state index contributed by atoms with van der Waals surface area (Å²) in [7, 11) is 0. The number of carbonyl (C=O) groups is 1. The molecule has 1 fully saturated rings. The number of hydrogen-bond acceptors (Lipinski definition) is 6. The van der Waals surface area contributed by atoms with Crippen LogP contribution < -0.4 is 16.4 Å². The van der Waals surface area contributed by atoms with Crippen molar-refractivity contribution < 1.29 is 27.4 Å². The molecule has 0 spiro atoms. The second-order valence-corrected chi connectivity index (χ2v) is 10.8. The number of hydrogen-bond donors (Lipinski definition) is 3. The zero-order valence-corrected chi connectivity index (χ0v) is 23.3. The van der Waals surface area contributed by atoms with Crippen LogP contribution in [0.2, 0.25) is 0 Å². The monoisotopic (exact) mass is 570 g/mol. The van der Waals surface area contributed by atoms with Gasteiger partial charge in [-0.25, -0.2) is 13.2 Å². The van der Waals surface area contributed by atoms with Crippen molar-refractivity contribution in [3.8, 4) is 0 Å². The van der Waals surface area contributed by atoms with E-state index in [0.717, 1.165) is 6.20 Å². The Morgan fingerprint density at radius 2 is 1.63 bits per heavy atom. The smallest absolute Gasteiger partial charge is 0.240 e. The van der Waals surface area contributed by atoms with E-state index in [2.05, 4.69) is 29.5 Å². The molecule has 3 atom stereocenters. The molecule has 0 aliphatic carbocycles. The molecule has 0 bridgehead atoms. The number of benzene rings is 2. The Bertz CT molecular complexity index is 1230. The molecule has 220 valence electrons. The quantitative estimate of drug-likeness (QED) is 0.279. The number of halogens is 3. The zero-order chi connectivity index (χ0) is 29.4. The van der Waals surface area contributed by atoms with E-state index < -0.39 is 35.3 Å². The Morgan fingerprint density at radius 1 is 1.02 bits per heavy atom. The molecular formula is C31H37F3N4O3. The first kappa shape index (κ1) is 30.5. The Labute approximate surface area is 238 Å². The molecule has 41 heavy (non-hydrogen) atoms. The summed E-state index contributed by atoms with van der Waals surface area (Å²) in [5.41, 5.74) is 7.67. The molecule has 0 saturated carbocycles. The molecule has 2 heterocycles. The van der Waals surface area contributed by atoms with Crippen molar-refractivity contribution in [3.05, 3.63) is 95.1 Å². The van der Waals surface area contributed by atoms with Gasteiger partial charge in [0.25, 0.3) is 0 Å². The number of aromatic nitrogens is 1. The van der Waals surface area contributed by atoms with Gasteiger partial charge in [0.15, 0.2) is 0 Å². The van der Waals surface area contributed by atoms with Gasteiger partial charge >= 0.3 is 0 Å². The average molecular weight is 571 g/mol. The van der Waals surface area contributed by atoms with Crippen molar-refractivity contribution in [2.75, 3.05) is 31.6 Å². The van der Waals surface area contributed by atoms with Crippen LogP contribution >= 0.6 is 0 Å². The lowest BCUT2D eigenvalue weighted by Crippen LogP contribution is -2.46. The fraction of sp³-hybridized carbons (Fsp3) is 0.419. The van der Waals surface area contributed by atoms with Crippen LogP contribution in [0.1, 0.15) is 42.9 Å². The first-order valence-corrected chi connectivity index (χ1v) is 13.8. The van der Waals surface area contributed by atoms with Gasteiger partial charge in [-0.1, -0.05) is 38.1 Å². The number of morpholine rings is 1. The molecule has 1 amide bonds. The van der Waals surface area contributed by atoms with Crippen LogP contribution in [0, 0.1) is 23.4 Å². The predicted octanol–water partition coefficient (Wildman–Crippen LogP) is 4.56. The Kier molecular flexibility index (Phi) is 10.7. The zero-order valence-electron chi connectivity index (χ0n) is 23.3. The number of ether oxygens (including phenoxy) is 2. The number of amides is 1. The Balaban J connectivity index is 1.54. The predicted molar refractivity (Wildman–Crippen MR) is 151 cm³/mol. The average Bonchev–Trinajstić information content (AvgIpc) is 2.94. The molecule has 0 unspecified atom stereocenters. The molecule has 1 saturated heterocycles. The number of rotatable bonds is 13. The summed E-state index contributed by atoms with van der Waals surface area (Å²) >= 11 is 0. The highest BCUT2D eigenvalue weighted by Gasteiger charge is 2.31. The summed E-state index contributed by atoms with van der Waals surface area (Å²) in [5, 5.41) is 6.46. The van der Waals surface area contributed by atoms with Gasteiger partial charge in [0.1, 0.15) is 23.5 Å². The summed E-state index contributed by atoms with van der Waals surface area (Å²) in [6.45, 7) is 6.60. The standard InChI is InChI=1S/C31H37F3N4O3/c1-19(2)17-40-18-25-14-36-13-24(41-25)11-12-26-27(34)15-37-16-28(26)38-30(31(35)39)29(20-3-7-22(32)8-4-20)21-5-9-23(33)10-6-21/h3-10,15-16,19,24-25,29-30,36,38H,11-14,17-18H2,1-2H3,(H2,35,39)/t24-,25+,30+/m1/s1. The van der Waals surface area contributed by atoms with Gasteiger partial charge < -0.3 is 25.8 Å². The molecule has 4 N–H and O–H groups in total. The molecule has 1 aliphatic rings. The summed E-state index contributed by atoms with van der Waals surface area (Å²) in [4.78, 5) is 16.8. The van der Waals surface area contributed by atoms with Gasteiger partial charge in [0.2, 0.25) is 5.91 Å². The summed E-state index contributed by atoms with van der Waals surface area (Å²) in [5.74, 6) is -2.43. The number of carbonyl (C=O) groups excluding carboxylic acids is 1. The second kappa shape index (κ2) is 14.4. The number of primary amides is 1. The fourth-order valence-corrected chi connectivity index (χ4v) is 5.03. The summed E-state index contributed by atoms with van der Waals surface area (Å²) in [6.07, 6.45) is 3.15. The van der Waals surface area contributed by atoms with Gasteiger partial charge in [-0.3, -0.25) is 9.78 Å². The molecule has 0 radical (unpaired) electrons. The highest BCUT2D eigenvalue weighted by Crippen LogP contribution is 2.32. The van der Waals surface area contributed by atoms with Crippen molar-refractivity contribution in [3.63, 3.8) is 0 Å². The minimum Gasteiger partial charge on any atom is -0.378 e. The molecule has 10 heteroatoms. The van der Waals surface area contributed by atoms with Crippen LogP contribution in [-0.4, -0.2) is 55.4 Å². The van der Waals surface area contributed by atoms with E-state index in [4.69, 9.17) is 15.2 Å². The minimum absolute atomic E-state index is 0.0983. The lowest BCUT2D eigenvalue weighted by atomic mass is 9.84. The van der Waals surface area contributed by atoms with Crippen molar-refractivity contribution in [2.45, 2.75) is 50.9 Å². The lowest BCUT2D eigenvalue weighted by molar-refractivity contribution is -0.119. The number of anilines is 1. The number of nitrogens with two attached hydrogens (primary N) is 1. The van der Waals surface area contributed by atoms with Crippen LogP contribution in [0.3, 0.4) is 0 Å². The number of nitrogens with zero attached hydrogens (tertiary/aromatic N) is 1. The maximum absolute atomic E-state index is 15.1. The first-order chi connectivity index (χ1) is 19.7. The van der Waals surface area contributed by atoms with E-state index in [1.165, 1.54) is 30.5 Å². The summed E-state index contributed by atoms with van der Waals surface area (Å²) in [6, 6.07) is 10.2. The van der Waals surface area contributed by atoms with Crippen LogP contribution in [0.25, 0.3) is 0 Å². The van der Waals surface area contributed by atoms with Gasteiger partial charge in [0, 0.05) is 31.2 Å². The molecule has 2 aromatic carbocycles. The van der Waals surface area contributed by atoms with Gasteiger partial charge in [-0.2, -0.15) is 0 Å². The Hall–Kier alpha value is -3.47. The molecule has 1 aliphatic heterocycles. The maximum atomic E-state index is 15.1. The molecule has 3 aromatic rings. The van der Waals surface area contributed by atoms with Crippen molar-refractivity contribution in [2.24, 2.45) is 11.7 Å². The fourth-order valence-electron chi connectivity index (χ4n) is 5.03. The topological polar surface area (TPSA) is 98.5 Å². The van der Waals surface area contributed by atoms with Gasteiger partial charge in [-0.05, 0) is 54.2 Å². The second-order valence-electron chi connectivity index (χ2n) is 10.8. The van der Waals surface area contributed by atoms with Crippen molar-refractivity contribution in [1.82, 2.24) is 10.3 Å². The van der Waals surface area contributed by atoms with E-state index in [1.54, 1.807) is 24.3 Å². The third-order valence-electron chi connectivity index (χ3n) is 7.01. The van der Waals surface area contributed by atoms with Crippen LogP contribution in [-0.2, 0) is 20.7 Å². The maximum Gasteiger partial charge on any atom is 0.240 e. The molecule has 1 aromatic heterocycles. The number of pyridine rings is 1. The Morgan fingerprint density at radius 3 is 2.22 bits per heavy atom. The van der Waals surface area contributed by atoms with Crippen LogP contribution in [0.4, 0.5) is 18.9 Å². The van der Waals surface area contributed by atoms with E-state index in [-0.39, 0.29) is 12.2 Å². The first-order valence-electron chi connectivity index (χ1n) is 13.8. The van der Waals surface area contributed by atoms with Crippen molar-refractivity contribution >= 4 is 11.6 Å². The third-order valence-corrected chi connectivity index (χ3v) is 7.01. The van der Waals surface area contributed by atoms with Crippen LogP contribution in [0.15, 0.2) is 60.9 Å². The van der Waals surface area contributed by atoms with E-state index in [9.17, 15) is 13.6 Å². The molecule has 4 rings (SSSR count). The number of nitrogens with one attached hydrogen (secondary N) is 2. The van der Waals surface area contributed by atoms with E-state index in [1.807, 2.05) is 0 Å². The third kappa shape index (κ3) is 8.51. The SMILES string of the molecule is CC(C)COC[C@@H]1CNC[C@@H](CCc2c(F)cncc2N[C@H](C(N)=O)C(c2ccc(F)cc2)c2ccc(F)cc2)O1. The summed E-state index contributed by atoms with van der Waals surface area (Å²) < 4.78 is 54.5. The van der Waals surface area contributed by atoms with Crippen LogP contribution in [0.5, 0.6) is 0 Å². The molecular weight excluding hydrogens is 533 g/mol. The lowest BCUT2D eigenvalue weighted by Gasteiger charge is -2.31. The highest BCUT2D eigenvalue weighted by atomic mass is 19.1. The van der Waals surface area contributed by atoms with E-state index >= 15 is 4.39 Å². The largest absolute Gasteiger partial charge is 0.378 e. The normalized spacial score (nSPS) is 18.0. The van der Waals surface area contributed by atoms with E-state index in [0.29, 0.717) is 67.4 Å².